The van der Waals surface area contributed by atoms with Crippen LogP contribution in [0.4, 0.5) is 0 Å². The van der Waals surface area contributed by atoms with Crippen LogP contribution in [0.2, 0.25) is 0 Å². The van der Waals surface area contributed by atoms with Crippen LogP contribution in [0.15, 0.2) is 24.3 Å². The van der Waals surface area contributed by atoms with Gasteiger partial charge in [-0.25, -0.2) is 0 Å². The third-order valence-corrected chi connectivity index (χ3v) is 5.10. The van der Waals surface area contributed by atoms with Crippen molar-refractivity contribution in [3.8, 4) is 0 Å². The molecule has 1 saturated heterocycles. The molecule has 116 valence electrons. The Morgan fingerprint density at radius 3 is 2.57 bits per heavy atom. The lowest BCUT2D eigenvalue weighted by molar-refractivity contribution is -0.0848. The zero-order chi connectivity index (χ0) is 15.3. The number of fused-ring (bicyclic) bond motifs is 1. The van der Waals surface area contributed by atoms with Gasteiger partial charge < -0.3 is 10.5 Å². The van der Waals surface area contributed by atoms with Gasteiger partial charge in [0.25, 0.3) is 0 Å². The van der Waals surface area contributed by atoms with E-state index in [2.05, 4.69) is 56.9 Å². The first-order chi connectivity index (χ1) is 9.84. The summed E-state index contributed by atoms with van der Waals surface area (Å²) in [6, 6.07) is 9.49. The molecule has 3 nitrogen and oxygen atoms in total. The van der Waals surface area contributed by atoms with Gasteiger partial charge in [-0.15, -0.1) is 0 Å². The molecule has 2 N–H and O–H groups in total. The van der Waals surface area contributed by atoms with Crippen molar-refractivity contribution in [1.82, 2.24) is 4.90 Å². The van der Waals surface area contributed by atoms with E-state index >= 15 is 0 Å². The summed E-state index contributed by atoms with van der Waals surface area (Å²) in [4.78, 5) is 2.59. The monoisotopic (exact) mass is 288 g/mol. The largest absolute Gasteiger partial charge is 0.368 e. The van der Waals surface area contributed by atoms with Gasteiger partial charge in [-0.2, -0.15) is 0 Å². The lowest BCUT2D eigenvalue weighted by atomic mass is 9.86. The van der Waals surface area contributed by atoms with Crippen LogP contribution in [0.5, 0.6) is 0 Å². The molecule has 0 aromatic heterocycles. The van der Waals surface area contributed by atoms with E-state index in [0.717, 1.165) is 19.4 Å². The molecule has 1 aromatic carbocycles. The van der Waals surface area contributed by atoms with Crippen LogP contribution < -0.4 is 5.73 Å². The van der Waals surface area contributed by atoms with Crippen LogP contribution in [0, 0.1) is 0 Å². The highest BCUT2D eigenvalue weighted by atomic mass is 16.5. The summed E-state index contributed by atoms with van der Waals surface area (Å²) in [5.74, 6) is 0. The van der Waals surface area contributed by atoms with Gasteiger partial charge in [0.2, 0.25) is 0 Å². The van der Waals surface area contributed by atoms with Crippen LogP contribution in [0.1, 0.15) is 51.3 Å². The van der Waals surface area contributed by atoms with Gasteiger partial charge in [-0.3, -0.25) is 4.90 Å². The summed E-state index contributed by atoms with van der Waals surface area (Å²) >= 11 is 0. The summed E-state index contributed by atoms with van der Waals surface area (Å²) in [5.41, 5.74) is 8.84. The molecular formula is C18H28N2O. The van der Waals surface area contributed by atoms with Crippen LogP contribution in [0.3, 0.4) is 0 Å². The zero-order valence-corrected chi connectivity index (χ0v) is 13.7. The smallest absolute Gasteiger partial charge is 0.0789 e. The van der Waals surface area contributed by atoms with E-state index in [-0.39, 0.29) is 11.2 Å². The Balaban J connectivity index is 1.93. The van der Waals surface area contributed by atoms with E-state index in [9.17, 15) is 0 Å². The number of nitrogens with two attached hydrogens (primary N) is 1. The average Bonchev–Trinajstić information content (AvgIpc) is 2.65. The fourth-order valence-corrected chi connectivity index (χ4v) is 4.36. The molecule has 1 fully saturated rings. The van der Waals surface area contributed by atoms with Gasteiger partial charge >= 0.3 is 0 Å². The minimum absolute atomic E-state index is 0.0513. The van der Waals surface area contributed by atoms with Crippen molar-refractivity contribution in [1.29, 1.82) is 0 Å². The highest BCUT2D eigenvalue weighted by molar-refractivity contribution is 5.33. The summed E-state index contributed by atoms with van der Waals surface area (Å²) in [7, 11) is 0. The molecule has 0 bridgehead atoms. The average molecular weight is 288 g/mol. The number of hydrogen-bond acceptors (Lipinski definition) is 3. The van der Waals surface area contributed by atoms with Crippen molar-refractivity contribution in [2.45, 2.75) is 63.8 Å². The molecule has 2 aliphatic rings. The van der Waals surface area contributed by atoms with Gasteiger partial charge in [-0.05, 0) is 51.7 Å². The molecule has 0 radical (unpaired) electrons. The molecular weight excluding hydrogens is 260 g/mol. The second-order valence-electron chi connectivity index (χ2n) is 7.62. The quantitative estimate of drug-likeness (QED) is 0.909. The predicted molar refractivity (Wildman–Crippen MR) is 86.3 cm³/mol. The molecule has 2 unspecified atom stereocenters. The Hall–Kier alpha value is -0.900. The van der Waals surface area contributed by atoms with E-state index in [1.165, 1.54) is 11.1 Å². The maximum atomic E-state index is 6.30. The molecule has 3 heteroatoms. The number of benzene rings is 1. The van der Waals surface area contributed by atoms with Gasteiger partial charge in [0.1, 0.15) is 0 Å². The van der Waals surface area contributed by atoms with Crippen LogP contribution in [0.25, 0.3) is 0 Å². The van der Waals surface area contributed by atoms with Gasteiger partial charge in [0.05, 0.1) is 11.2 Å². The number of rotatable bonds is 2. The van der Waals surface area contributed by atoms with Crippen LogP contribution in [-0.2, 0) is 11.2 Å². The lowest BCUT2D eigenvalue weighted by Gasteiger charge is -2.44. The topological polar surface area (TPSA) is 38.5 Å². The SMILES string of the molecule is CC1(C)CC(N2CCc3ccccc3C2CN)C(C)(C)O1. The highest BCUT2D eigenvalue weighted by Crippen LogP contribution is 2.44. The Kier molecular flexibility index (Phi) is 3.63. The fourth-order valence-electron chi connectivity index (χ4n) is 4.36. The summed E-state index contributed by atoms with van der Waals surface area (Å²) in [6.07, 6.45) is 2.18. The van der Waals surface area contributed by atoms with E-state index in [4.69, 9.17) is 10.5 Å². The molecule has 21 heavy (non-hydrogen) atoms. The van der Waals surface area contributed by atoms with E-state index in [1.54, 1.807) is 0 Å². The minimum atomic E-state index is -0.122. The Morgan fingerprint density at radius 1 is 1.24 bits per heavy atom. The number of nitrogens with zero attached hydrogens (tertiary/aromatic N) is 1. The molecule has 2 heterocycles. The Morgan fingerprint density at radius 2 is 1.95 bits per heavy atom. The number of ether oxygens (including phenoxy) is 1. The predicted octanol–water partition coefficient (Wildman–Crippen LogP) is 2.89. The van der Waals surface area contributed by atoms with E-state index < -0.39 is 0 Å². The maximum Gasteiger partial charge on any atom is 0.0789 e. The number of hydrogen-bond donors (Lipinski definition) is 1. The molecule has 0 aliphatic carbocycles. The van der Waals surface area contributed by atoms with Crippen molar-refractivity contribution in [3.05, 3.63) is 35.4 Å². The molecule has 2 atom stereocenters. The molecule has 2 aliphatic heterocycles. The zero-order valence-electron chi connectivity index (χ0n) is 13.7. The molecule has 0 saturated carbocycles. The van der Waals surface area contributed by atoms with E-state index in [1.807, 2.05) is 0 Å². The second kappa shape index (κ2) is 5.08. The highest BCUT2D eigenvalue weighted by Gasteiger charge is 2.50. The standard InChI is InChI=1S/C18H28N2O/c1-17(2)11-16(18(3,4)21-17)20-10-9-13-7-5-6-8-14(13)15(20)12-19/h5-8,15-16H,9-12,19H2,1-4H3. The second-order valence-corrected chi connectivity index (χ2v) is 7.62. The first-order valence-corrected chi connectivity index (χ1v) is 8.08. The third-order valence-electron chi connectivity index (χ3n) is 5.10. The normalized spacial score (nSPS) is 31.1. The third kappa shape index (κ3) is 2.63. The van der Waals surface area contributed by atoms with Crippen molar-refractivity contribution >= 4 is 0 Å². The molecule has 1 aromatic rings. The van der Waals surface area contributed by atoms with Crippen molar-refractivity contribution < 1.29 is 4.74 Å². The summed E-state index contributed by atoms with van der Waals surface area (Å²) in [5, 5.41) is 0. The van der Waals surface area contributed by atoms with Gasteiger partial charge in [-0.1, -0.05) is 24.3 Å². The van der Waals surface area contributed by atoms with Crippen molar-refractivity contribution in [2.24, 2.45) is 5.73 Å². The molecule has 0 amide bonds. The maximum absolute atomic E-state index is 6.30. The Bertz CT molecular complexity index is 524. The lowest BCUT2D eigenvalue weighted by Crippen LogP contribution is -2.52. The van der Waals surface area contributed by atoms with Crippen molar-refractivity contribution in [2.75, 3.05) is 13.1 Å². The minimum Gasteiger partial charge on any atom is -0.368 e. The fraction of sp³-hybridized carbons (Fsp3) is 0.667. The van der Waals surface area contributed by atoms with E-state index in [0.29, 0.717) is 18.6 Å². The van der Waals surface area contributed by atoms with Gasteiger partial charge in [0.15, 0.2) is 0 Å². The summed E-state index contributed by atoms with van der Waals surface area (Å²) < 4.78 is 6.30. The first kappa shape index (κ1) is 15.0. The Labute approximate surface area is 128 Å². The summed E-state index contributed by atoms with van der Waals surface area (Å²) in [6.45, 7) is 10.6. The van der Waals surface area contributed by atoms with Crippen molar-refractivity contribution in [3.63, 3.8) is 0 Å². The van der Waals surface area contributed by atoms with Gasteiger partial charge in [0, 0.05) is 25.2 Å². The van der Waals surface area contributed by atoms with Crippen LogP contribution in [-0.4, -0.2) is 35.2 Å². The molecule has 0 spiro atoms. The first-order valence-electron chi connectivity index (χ1n) is 8.08. The van der Waals surface area contributed by atoms with Crippen LogP contribution >= 0.6 is 0 Å². The molecule has 3 rings (SSSR count).